The molecule has 1 unspecified atom stereocenters. The highest BCUT2D eigenvalue weighted by atomic mass is 35.5. The summed E-state index contributed by atoms with van der Waals surface area (Å²) < 4.78 is 7.61. The Kier molecular flexibility index (Phi) is 2.65. The Morgan fingerprint density at radius 3 is 3.00 bits per heavy atom. The molecule has 0 amide bonds. The van der Waals surface area contributed by atoms with E-state index in [-0.39, 0.29) is 6.23 Å². The minimum Gasteiger partial charge on any atom is -0.358 e. The van der Waals surface area contributed by atoms with Crippen LogP contribution in [0.5, 0.6) is 0 Å². The van der Waals surface area contributed by atoms with Crippen LogP contribution < -0.4 is 0 Å². The molecule has 2 heterocycles. The summed E-state index contributed by atoms with van der Waals surface area (Å²) in [6, 6.07) is 7.50. The number of carbonyl (C=O) groups excluding carboxylic acids is 1. The molecule has 1 aromatic heterocycles. The predicted molar refractivity (Wildman–Crippen MR) is 66.6 cm³/mol. The second kappa shape index (κ2) is 4.17. The van der Waals surface area contributed by atoms with E-state index in [0.717, 1.165) is 36.6 Å². The molecule has 1 aliphatic rings. The van der Waals surface area contributed by atoms with Gasteiger partial charge in [0.2, 0.25) is 0 Å². The van der Waals surface area contributed by atoms with E-state index in [0.29, 0.717) is 10.7 Å². The van der Waals surface area contributed by atoms with E-state index in [1.54, 1.807) is 0 Å². The van der Waals surface area contributed by atoms with Crippen molar-refractivity contribution in [2.45, 2.75) is 19.1 Å². The minimum atomic E-state index is -0.0196. The van der Waals surface area contributed by atoms with E-state index in [1.165, 1.54) is 0 Å². The van der Waals surface area contributed by atoms with Crippen molar-refractivity contribution in [2.75, 3.05) is 6.61 Å². The molecule has 2 aromatic rings. The van der Waals surface area contributed by atoms with Gasteiger partial charge in [-0.1, -0.05) is 11.6 Å². The number of carbonyl (C=O) groups is 1. The van der Waals surface area contributed by atoms with Crippen LogP contribution in [-0.4, -0.2) is 17.5 Å². The Hall–Kier alpha value is -1.32. The van der Waals surface area contributed by atoms with Gasteiger partial charge in [-0.25, -0.2) is 0 Å². The summed E-state index contributed by atoms with van der Waals surface area (Å²) in [5.74, 6) is 0. The van der Waals surface area contributed by atoms with E-state index in [4.69, 9.17) is 16.3 Å². The standard InChI is InChI=1S/C13H12ClNO2/c14-10-3-4-12-9(6-10)7-11(8-16)15(12)13-2-1-5-17-13/h3-4,6-8,13H,1-2,5H2. The molecule has 1 aromatic carbocycles. The third kappa shape index (κ3) is 1.75. The molecule has 1 fully saturated rings. The summed E-state index contributed by atoms with van der Waals surface area (Å²) in [6.45, 7) is 0.760. The Labute approximate surface area is 104 Å². The summed E-state index contributed by atoms with van der Waals surface area (Å²) in [5, 5.41) is 1.66. The lowest BCUT2D eigenvalue weighted by Gasteiger charge is -2.15. The molecule has 0 saturated carbocycles. The molecule has 0 bridgehead atoms. The lowest BCUT2D eigenvalue weighted by Crippen LogP contribution is -2.09. The van der Waals surface area contributed by atoms with Gasteiger partial charge in [-0.2, -0.15) is 0 Å². The van der Waals surface area contributed by atoms with Gasteiger partial charge >= 0.3 is 0 Å². The van der Waals surface area contributed by atoms with Crippen LogP contribution in [0.15, 0.2) is 24.3 Å². The maximum absolute atomic E-state index is 11.1. The molecule has 17 heavy (non-hydrogen) atoms. The van der Waals surface area contributed by atoms with Gasteiger partial charge in [-0.05, 0) is 37.1 Å². The van der Waals surface area contributed by atoms with E-state index < -0.39 is 0 Å². The minimum absolute atomic E-state index is 0.0196. The smallest absolute Gasteiger partial charge is 0.166 e. The number of ether oxygens (including phenoxy) is 1. The Balaban J connectivity index is 2.22. The molecule has 0 aliphatic carbocycles. The quantitative estimate of drug-likeness (QED) is 0.764. The van der Waals surface area contributed by atoms with Crippen LogP contribution in [0, 0.1) is 0 Å². The van der Waals surface area contributed by atoms with Crippen molar-refractivity contribution in [1.29, 1.82) is 0 Å². The number of halogens is 1. The average Bonchev–Trinajstić information content (AvgIpc) is 2.93. The molecular weight excluding hydrogens is 238 g/mol. The number of benzene rings is 1. The van der Waals surface area contributed by atoms with Crippen LogP contribution in [-0.2, 0) is 4.74 Å². The van der Waals surface area contributed by atoms with Gasteiger partial charge in [0.25, 0.3) is 0 Å². The number of rotatable bonds is 2. The summed E-state index contributed by atoms with van der Waals surface area (Å²) in [6.07, 6.45) is 2.84. The van der Waals surface area contributed by atoms with E-state index in [1.807, 2.05) is 28.8 Å². The first-order valence-corrected chi connectivity index (χ1v) is 6.04. The number of aldehydes is 1. The van der Waals surface area contributed by atoms with Gasteiger partial charge in [-0.15, -0.1) is 0 Å². The summed E-state index contributed by atoms with van der Waals surface area (Å²) in [4.78, 5) is 11.1. The fourth-order valence-corrected chi connectivity index (χ4v) is 2.59. The first kappa shape index (κ1) is 10.8. The molecular formula is C13H12ClNO2. The van der Waals surface area contributed by atoms with Crippen molar-refractivity contribution < 1.29 is 9.53 Å². The van der Waals surface area contributed by atoms with Crippen LogP contribution >= 0.6 is 11.6 Å². The first-order valence-electron chi connectivity index (χ1n) is 5.67. The monoisotopic (exact) mass is 249 g/mol. The molecule has 88 valence electrons. The van der Waals surface area contributed by atoms with Gasteiger partial charge in [0.1, 0.15) is 6.23 Å². The van der Waals surface area contributed by atoms with Crippen LogP contribution in [0.1, 0.15) is 29.6 Å². The van der Waals surface area contributed by atoms with Crippen molar-refractivity contribution >= 4 is 28.8 Å². The maximum atomic E-state index is 11.1. The zero-order valence-electron chi connectivity index (χ0n) is 9.23. The zero-order valence-corrected chi connectivity index (χ0v) is 9.98. The fraction of sp³-hybridized carbons (Fsp3) is 0.308. The number of nitrogens with zero attached hydrogens (tertiary/aromatic N) is 1. The molecule has 0 spiro atoms. The highest BCUT2D eigenvalue weighted by Gasteiger charge is 2.21. The van der Waals surface area contributed by atoms with Crippen molar-refractivity contribution in [1.82, 2.24) is 4.57 Å². The van der Waals surface area contributed by atoms with Crippen LogP contribution in [0.3, 0.4) is 0 Å². The van der Waals surface area contributed by atoms with Crippen molar-refractivity contribution in [2.24, 2.45) is 0 Å². The Morgan fingerprint density at radius 2 is 2.29 bits per heavy atom. The molecule has 0 radical (unpaired) electrons. The fourth-order valence-electron chi connectivity index (χ4n) is 2.40. The summed E-state index contributed by atoms with van der Waals surface area (Å²) in [5.41, 5.74) is 1.65. The van der Waals surface area contributed by atoms with E-state index in [9.17, 15) is 4.79 Å². The van der Waals surface area contributed by atoms with Crippen LogP contribution in [0.2, 0.25) is 5.02 Å². The third-order valence-electron chi connectivity index (χ3n) is 3.15. The van der Waals surface area contributed by atoms with Gasteiger partial charge < -0.3 is 9.30 Å². The third-order valence-corrected chi connectivity index (χ3v) is 3.38. The van der Waals surface area contributed by atoms with Crippen molar-refractivity contribution in [3.05, 3.63) is 35.0 Å². The topological polar surface area (TPSA) is 31.2 Å². The first-order chi connectivity index (χ1) is 8.29. The average molecular weight is 250 g/mol. The highest BCUT2D eigenvalue weighted by molar-refractivity contribution is 6.31. The van der Waals surface area contributed by atoms with Crippen LogP contribution in [0.4, 0.5) is 0 Å². The normalized spacial score (nSPS) is 19.9. The number of hydrogen-bond donors (Lipinski definition) is 0. The van der Waals surface area contributed by atoms with Gasteiger partial charge in [0.15, 0.2) is 6.29 Å². The summed E-state index contributed by atoms with van der Waals surface area (Å²) in [7, 11) is 0. The van der Waals surface area contributed by atoms with E-state index >= 15 is 0 Å². The maximum Gasteiger partial charge on any atom is 0.166 e. The lowest BCUT2D eigenvalue weighted by molar-refractivity contribution is 0.0579. The van der Waals surface area contributed by atoms with Gasteiger partial charge in [0.05, 0.1) is 11.2 Å². The van der Waals surface area contributed by atoms with Crippen molar-refractivity contribution in [3.8, 4) is 0 Å². The molecule has 0 N–H and O–H groups in total. The molecule has 3 nitrogen and oxygen atoms in total. The second-order valence-corrected chi connectivity index (χ2v) is 4.66. The SMILES string of the molecule is O=Cc1cc2cc(Cl)ccc2n1C1CCCO1. The lowest BCUT2D eigenvalue weighted by atomic mass is 10.2. The number of hydrogen-bond acceptors (Lipinski definition) is 2. The van der Waals surface area contributed by atoms with Crippen LogP contribution in [0.25, 0.3) is 10.9 Å². The molecule has 3 rings (SSSR count). The van der Waals surface area contributed by atoms with Gasteiger partial charge in [0, 0.05) is 17.0 Å². The van der Waals surface area contributed by atoms with E-state index in [2.05, 4.69) is 0 Å². The number of fused-ring (bicyclic) bond motifs is 1. The number of aromatic nitrogens is 1. The van der Waals surface area contributed by atoms with Gasteiger partial charge in [-0.3, -0.25) is 4.79 Å². The largest absolute Gasteiger partial charge is 0.358 e. The molecule has 4 heteroatoms. The Morgan fingerprint density at radius 1 is 1.41 bits per heavy atom. The Bertz CT molecular complexity index is 570. The highest BCUT2D eigenvalue weighted by Crippen LogP contribution is 2.31. The molecule has 1 saturated heterocycles. The summed E-state index contributed by atoms with van der Waals surface area (Å²) >= 11 is 5.95. The zero-order chi connectivity index (χ0) is 11.8. The molecule has 1 aliphatic heterocycles. The molecule has 1 atom stereocenters. The second-order valence-electron chi connectivity index (χ2n) is 4.23. The predicted octanol–water partition coefficient (Wildman–Crippen LogP) is 3.42. The van der Waals surface area contributed by atoms with Crippen molar-refractivity contribution in [3.63, 3.8) is 0 Å².